The van der Waals surface area contributed by atoms with Crippen molar-refractivity contribution in [3.8, 4) is 0 Å². The molecule has 120 valence electrons. The van der Waals surface area contributed by atoms with Gasteiger partial charge in [0.05, 0.1) is 5.69 Å². The highest BCUT2D eigenvalue weighted by atomic mass is 19.1. The van der Waals surface area contributed by atoms with Gasteiger partial charge in [0.1, 0.15) is 11.4 Å². The standard InChI is InChI=1S/C18H13FN2O3/c1-11-4-2-3-5-12(11)10-15-16(22)20-18(24)21(17(15)23)14-8-6-13(19)7-9-14/h2-10H,1H3,(H,20,22,24)/b15-10+. The molecule has 0 aliphatic carbocycles. The lowest BCUT2D eigenvalue weighted by atomic mass is 10.0. The predicted octanol–water partition coefficient (Wildman–Crippen LogP) is 2.80. The highest BCUT2D eigenvalue weighted by Gasteiger charge is 2.36. The molecule has 1 fully saturated rings. The van der Waals surface area contributed by atoms with E-state index in [1.807, 2.05) is 19.1 Å². The van der Waals surface area contributed by atoms with Gasteiger partial charge in [0.2, 0.25) is 0 Å². The van der Waals surface area contributed by atoms with Gasteiger partial charge < -0.3 is 0 Å². The number of benzene rings is 2. The minimum Gasteiger partial charge on any atom is -0.273 e. The third-order valence-electron chi connectivity index (χ3n) is 3.67. The largest absolute Gasteiger partial charge is 0.335 e. The Morgan fingerprint density at radius 2 is 1.67 bits per heavy atom. The minimum absolute atomic E-state index is 0.159. The van der Waals surface area contributed by atoms with Crippen LogP contribution < -0.4 is 10.2 Å². The molecular formula is C18H13FN2O3. The van der Waals surface area contributed by atoms with E-state index in [4.69, 9.17) is 0 Å². The van der Waals surface area contributed by atoms with E-state index in [0.29, 0.717) is 5.56 Å². The zero-order valence-electron chi connectivity index (χ0n) is 12.7. The Balaban J connectivity index is 2.03. The number of carbonyl (C=O) groups is 3. The van der Waals surface area contributed by atoms with Gasteiger partial charge in [-0.15, -0.1) is 0 Å². The minimum atomic E-state index is -0.862. The number of nitrogens with zero attached hydrogens (tertiary/aromatic N) is 1. The van der Waals surface area contributed by atoms with Gasteiger partial charge in [0.15, 0.2) is 0 Å². The van der Waals surface area contributed by atoms with Gasteiger partial charge in [-0.3, -0.25) is 14.9 Å². The van der Waals surface area contributed by atoms with Crippen LogP contribution in [0.25, 0.3) is 6.08 Å². The molecule has 24 heavy (non-hydrogen) atoms. The van der Waals surface area contributed by atoms with Gasteiger partial charge in [0.25, 0.3) is 11.8 Å². The van der Waals surface area contributed by atoms with Crippen molar-refractivity contribution in [1.29, 1.82) is 0 Å². The van der Waals surface area contributed by atoms with Crippen molar-refractivity contribution in [3.05, 3.63) is 71.0 Å². The summed E-state index contributed by atoms with van der Waals surface area (Å²) < 4.78 is 13.0. The number of nitrogens with one attached hydrogen (secondary N) is 1. The lowest BCUT2D eigenvalue weighted by molar-refractivity contribution is -0.122. The molecule has 6 heteroatoms. The van der Waals surface area contributed by atoms with Crippen LogP contribution in [-0.2, 0) is 9.59 Å². The number of urea groups is 1. The molecular weight excluding hydrogens is 311 g/mol. The second kappa shape index (κ2) is 6.08. The lowest BCUT2D eigenvalue weighted by Gasteiger charge is -2.26. The van der Waals surface area contributed by atoms with E-state index < -0.39 is 23.7 Å². The van der Waals surface area contributed by atoms with Crippen LogP contribution in [-0.4, -0.2) is 17.8 Å². The molecule has 1 N–H and O–H groups in total. The maximum Gasteiger partial charge on any atom is 0.335 e. The van der Waals surface area contributed by atoms with E-state index in [1.165, 1.54) is 18.2 Å². The van der Waals surface area contributed by atoms with E-state index in [-0.39, 0.29) is 11.3 Å². The second-order valence-corrected chi connectivity index (χ2v) is 5.29. The second-order valence-electron chi connectivity index (χ2n) is 5.29. The van der Waals surface area contributed by atoms with Gasteiger partial charge in [-0.25, -0.2) is 14.1 Å². The fourth-order valence-electron chi connectivity index (χ4n) is 2.39. The van der Waals surface area contributed by atoms with Crippen molar-refractivity contribution in [2.24, 2.45) is 0 Å². The molecule has 5 nitrogen and oxygen atoms in total. The summed E-state index contributed by atoms with van der Waals surface area (Å²) in [4.78, 5) is 37.5. The maximum absolute atomic E-state index is 13.0. The Bertz CT molecular complexity index is 872. The van der Waals surface area contributed by atoms with Crippen molar-refractivity contribution in [3.63, 3.8) is 0 Å². The van der Waals surface area contributed by atoms with Crippen molar-refractivity contribution >= 4 is 29.6 Å². The molecule has 0 aromatic heterocycles. The molecule has 2 aromatic rings. The number of hydrogen-bond acceptors (Lipinski definition) is 3. The third kappa shape index (κ3) is 2.81. The van der Waals surface area contributed by atoms with E-state index in [1.54, 1.807) is 12.1 Å². The van der Waals surface area contributed by atoms with Crippen LogP contribution in [0.1, 0.15) is 11.1 Å². The number of rotatable bonds is 2. The third-order valence-corrected chi connectivity index (χ3v) is 3.67. The summed E-state index contributed by atoms with van der Waals surface area (Å²) in [6.45, 7) is 1.85. The van der Waals surface area contributed by atoms with E-state index >= 15 is 0 Å². The van der Waals surface area contributed by atoms with Gasteiger partial charge >= 0.3 is 6.03 Å². The van der Waals surface area contributed by atoms with Crippen molar-refractivity contribution in [1.82, 2.24) is 5.32 Å². The monoisotopic (exact) mass is 324 g/mol. The molecule has 0 bridgehead atoms. The van der Waals surface area contributed by atoms with Crippen LogP contribution in [0, 0.1) is 12.7 Å². The van der Waals surface area contributed by atoms with E-state index in [0.717, 1.165) is 22.6 Å². The fourth-order valence-corrected chi connectivity index (χ4v) is 2.39. The Kier molecular flexibility index (Phi) is 3.95. The first kappa shape index (κ1) is 15.6. The number of amides is 4. The number of carbonyl (C=O) groups excluding carboxylic acids is 3. The molecule has 0 unspecified atom stereocenters. The molecule has 1 aliphatic heterocycles. The summed E-state index contributed by atoms with van der Waals surface area (Å²) in [7, 11) is 0. The molecule has 0 atom stereocenters. The number of aryl methyl sites for hydroxylation is 1. The summed E-state index contributed by atoms with van der Waals surface area (Å²) in [5.74, 6) is -2.00. The molecule has 1 saturated heterocycles. The van der Waals surface area contributed by atoms with Gasteiger partial charge in [-0.2, -0.15) is 0 Å². The summed E-state index contributed by atoms with van der Waals surface area (Å²) in [5, 5.41) is 2.13. The van der Waals surface area contributed by atoms with Crippen molar-refractivity contribution < 1.29 is 18.8 Å². The number of barbiturate groups is 1. The van der Waals surface area contributed by atoms with E-state index in [2.05, 4.69) is 5.32 Å². The molecule has 4 amide bonds. The van der Waals surface area contributed by atoms with Crippen molar-refractivity contribution in [2.75, 3.05) is 4.90 Å². The zero-order chi connectivity index (χ0) is 17.3. The Morgan fingerprint density at radius 3 is 2.33 bits per heavy atom. The molecule has 0 saturated carbocycles. The van der Waals surface area contributed by atoms with E-state index in [9.17, 15) is 18.8 Å². The number of imide groups is 2. The number of hydrogen-bond donors (Lipinski definition) is 1. The van der Waals surface area contributed by atoms with Gasteiger partial charge in [-0.1, -0.05) is 24.3 Å². The molecule has 1 aliphatic rings. The average Bonchev–Trinajstić information content (AvgIpc) is 2.54. The van der Waals surface area contributed by atoms with Crippen LogP contribution in [0.15, 0.2) is 54.1 Å². The quantitative estimate of drug-likeness (QED) is 0.682. The topological polar surface area (TPSA) is 66.5 Å². The zero-order valence-corrected chi connectivity index (χ0v) is 12.7. The first-order valence-electron chi connectivity index (χ1n) is 7.20. The van der Waals surface area contributed by atoms with Crippen molar-refractivity contribution in [2.45, 2.75) is 6.92 Å². The Morgan fingerprint density at radius 1 is 1.00 bits per heavy atom. The SMILES string of the molecule is Cc1ccccc1/C=C1\C(=O)NC(=O)N(c2ccc(F)cc2)C1=O. The highest BCUT2D eigenvalue weighted by molar-refractivity contribution is 6.39. The molecule has 0 spiro atoms. The summed E-state index contributed by atoms with van der Waals surface area (Å²) in [6, 6.07) is 11.2. The van der Waals surface area contributed by atoms with Gasteiger partial charge in [0, 0.05) is 0 Å². The summed E-state index contributed by atoms with van der Waals surface area (Å²) >= 11 is 0. The summed E-state index contributed by atoms with van der Waals surface area (Å²) in [6.07, 6.45) is 1.44. The van der Waals surface area contributed by atoms with Crippen LogP contribution >= 0.6 is 0 Å². The van der Waals surface area contributed by atoms with Gasteiger partial charge in [-0.05, 0) is 48.4 Å². The van der Waals surface area contributed by atoms with Crippen LogP contribution in [0.2, 0.25) is 0 Å². The van der Waals surface area contributed by atoms with Crippen LogP contribution in [0.4, 0.5) is 14.9 Å². The first-order chi connectivity index (χ1) is 11.5. The maximum atomic E-state index is 13.0. The molecule has 3 rings (SSSR count). The molecule has 0 radical (unpaired) electrons. The van der Waals surface area contributed by atoms with Crippen LogP contribution in [0.3, 0.4) is 0 Å². The average molecular weight is 324 g/mol. The highest BCUT2D eigenvalue weighted by Crippen LogP contribution is 2.22. The summed E-state index contributed by atoms with van der Waals surface area (Å²) in [5.41, 5.74) is 1.61. The fraction of sp³-hybridized carbons (Fsp3) is 0.0556. The first-order valence-corrected chi connectivity index (χ1v) is 7.20. The Labute approximate surface area is 137 Å². The smallest absolute Gasteiger partial charge is 0.273 e. The normalized spacial score (nSPS) is 16.5. The Hall–Kier alpha value is -3.28. The predicted molar refractivity (Wildman–Crippen MR) is 86.6 cm³/mol. The number of anilines is 1. The number of halogens is 1. The molecule has 1 heterocycles. The lowest BCUT2D eigenvalue weighted by Crippen LogP contribution is -2.54. The molecule has 2 aromatic carbocycles. The van der Waals surface area contributed by atoms with Crippen LogP contribution in [0.5, 0.6) is 0 Å².